The molecule has 2 rings (SSSR count). The molecule has 1 saturated heterocycles. The molecule has 2 atom stereocenters. The van der Waals surface area contributed by atoms with Crippen LogP contribution in [0.5, 0.6) is 0 Å². The van der Waals surface area contributed by atoms with Crippen LogP contribution in [-0.2, 0) is 4.79 Å². The molecule has 0 saturated carbocycles. The summed E-state index contributed by atoms with van der Waals surface area (Å²) in [4.78, 5) is 14.1. The third-order valence-electron chi connectivity index (χ3n) is 3.87. The highest BCUT2D eigenvalue weighted by atomic mass is 16.3. The van der Waals surface area contributed by atoms with E-state index in [1.807, 2.05) is 6.92 Å². The molecule has 2 N–H and O–H groups in total. The number of piperidine rings is 1. The number of hydrogen-bond acceptors (Lipinski definition) is 4. The van der Waals surface area contributed by atoms with Crippen LogP contribution in [0.25, 0.3) is 0 Å². The lowest BCUT2D eigenvalue weighted by molar-refractivity contribution is -0.118. The molecule has 5 nitrogen and oxygen atoms in total. The molecule has 0 aromatic heterocycles. The minimum atomic E-state index is -0.330. The standard InChI is InChI=1S/C16H21N3O2/c1-12(20)14-5-3-7-19(10-14)11-16(21)18-15-6-2-4-13(8-15)9-17/h2,4,6,8,12,14,20H,3,5,7,10-11H2,1H3,(H,18,21). The smallest absolute Gasteiger partial charge is 0.238 e. The molecule has 1 heterocycles. The van der Waals surface area contributed by atoms with Crippen LogP contribution >= 0.6 is 0 Å². The normalized spacial score (nSPS) is 20.5. The Balaban J connectivity index is 1.88. The van der Waals surface area contributed by atoms with Crippen LogP contribution in [0.3, 0.4) is 0 Å². The fourth-order valence-corrected chi connectivity index (χ4v) is 2.70. The Kier molecular flexibility index (Phi) is 5.32. The van der Waals surface area contributed by atoms with Gasteiger partial charge in [0.05, 0.1) is 24.3 Å². The van der Waals surface area contributed by atoms with Gasteiger partial charge in [0, 0.05) is 12.2 Å². The molecule has 2 unspecified atom stereocenters. The first kappa shape index (κ1) is 15.5. The summed E-state index contributed by atoms with van der Waals surface area (Å²) in [7, 11) is 0. The Hall–Kier alpha value is -1.90. The van der Waals surface area contributed by atoms with E-state index in [0.717, 1.165) is 25.9 Å². The molecular weight excluding hydrogens is 266 g/mol. The van der Waals surface area contributed by atoms with Gasteiger partial charge in [0.2, 0.25) is 5.91 Å². The van der Waals surface area contributed by atoms with E-state index in [2.05, 4.69) is 16.3 Å². The number of likely N-dealkylation sites (tertiary alicyclic amines) is 1. The molecule has 5 heteroatoms. The van der Waals surface area contributed by atoms with Crippen LogP contribution in [0.4, 0.5) is 5.69 Å². The Morgan fingerprint density at radius 1 is 1.62 bits per heavy atom. The fraction of sp³-hybridized carbons (Fsp3) is 0.500. The van der Waals surface area contributed by atoms with Crippen molar-refractivity contribution in [2.24, 2.45) is 5.92 Å². The van der Waals surface area contributed by atoms with Gasteiger partial charge in [0.15, 0.2) is 0 Å². The first-order valence-corrected chi connectivity index (χ1v) is 7.29. The highest BCUT2D eigenvalue weighted by molar-refractivity contribution is 5.92. The number of carbonyl (C=O) groups is 1. The zero-order chi connectivity index (χ0) is 15.2. The molecule has 0 bridgehead atoms. The van der Waals surface area contributed by atoms with Crippen molar-refractivity contribution in [1.82, 2.24) is 4.90 Å². The van der Waals surface area contributed by atoms with Gasteiger partial charge in [-0.05, 0) is 50.4 Å². The number of amides is 1. The second kappa shape index (κ2) is 7.21. The number of nitrogens with zero attached hydrogens (tertiary/aromatic N) is 2. The highest BCUT2D eigenvalue weighted by Crippen LogP contribution is 2.19. The van der Waals surface area contributed by atoms with Crippen molar-refractivity contribution in [3.8, 4) is 6.07 Å². The van der Waals surface area contributed by atoms with Crippen molar-refractivity contribution in [2.75, 3.05) is 25.0 Å². The number of carbonyl (C=O) groups excluding carboxylic acids is 1. The average molecular weight is 287 g/mol. The van der Waals surface area contributed by atoms with E-state index in [4.69, 9.17) is 5.26 Å². The monoisotopic (exact) mass is 287 g/mol. The fourth-order valence-electron chi connectivity index (χ4n) is 2.70. The van der Waals surface area contributed by atoms with Crippen LogP contribution in [0.2, 0.25) is 0 Å². The first-order valence-electron chi connectivity index (χ1n) is 7.29. The van der Waals surface area contributed by atoms with Gasteiger partial charge in [-0.15, -0.1) is 0 Å². The summed E-state index contributed by atoms with van der Waals surface area (Å²) >= 11 is 0. The van der Waals surface area contributed by atoms with Gasteiger partial charge < -0.3 is 10.4 Å². The molecule has 0 spiro atoms. The summed E-state index contributed by atoms with van der Waals surface area (Å²) in [5.74, 6) is 0.157. The van der Waals surface area contributed by atoms with Crippen molar-refractivity contribution in [2.45, 2.75) is 25.9 Å². The Bertz CT molecular complexity index is 537. The average Bonchev–Trinajstić information content (AvgIpc) is 2.47. The largest absolute Gasteiger partial charge is 0.393 e. The summed E-state index contributed by atoms with van der Waals surface area (Å²) in [5.41, 5.74) is 1.17. The van der Waals surface area contributed by atoms with Gasteiger partial charge in [-0.1, -0.05) is 6.07 Å². The number of rotatable bonds is 4. The van der Waals surface area contributed by atoms with Crippen LogP contribution in [0, 0.1) is 17.2 Å². The van der Waals surface area contributed by atoms with Crippen molar-refractivity contribution >= 4 is 11.6 Å². The quantitative estimate of drug-likeness (QED) is 0.881. The molecule has 1 aromatic rings. The van der Waals surface area contributed by atoms with E-state index in [-0.39, 0.29) is 17.9 Å². The van der Waals surface area contributed by atoms with Crippen LogP contribution in [-0.4, -0.2) is 41.7 Å². The van der Waals surface area contributed by atoms with Crippen LogP contribution in [0.15, 0.2) is 24.3 Å². The number of anilines is 1. The number of hydrogen-bond donors (Lipinski definition) is 2. The lowest BCUT2D eigenvalue weighted by atomic mass is 9.93. The second-order valence-corrected chi connectivity index (χ2v) is 5.62. The van der Waals surface area contributed by atoms with Gasteiger partial charge in [-0.25, -0.2) is 0 Å². The molecule has 0 aliphatic carbocycles. The van der Waals surface area contributed by atoms with Crippen LogP contribution in [0.1, 0.15) is 25.3 Å². The molecule has 1 aliphatic rings. The summed E-state index contributed by atoms with van der Waals surface area (Å²) in [6, 6.07) is 8.93. The summed E-state index contributed by atoms with van der Waals surface area (Å²) < 4.78 is 0. The molecule has 21 heavy (non-hydrogen) atoms. The number of aliphatic hydroxyl groups is 1. The molecular formula is C16H21N3O2. The lowest BCUT2D eigenvalue weighted by Crippen LogP contribution is -2.43. The van der Waals surface area contributed by atoms with Crippen molar-refractivity contribution in [1.29, 1.82) is 5.26 Å². The van der Waals surface area contributed by atoms with Crippen molar-refractivity contribution in [3.05, 3.63) is 29.8 Å². The third-order valence-corrected chi connectivity index (χ3v) is 3.87. The molecule has 1 amide bonds. The molecule has 1 aromatic carbocycles. The Labute approximate surface area is 125 Å². The number of aliphatic hydroxyl groups excluding tert-OH is 1. The van der Waals surface area contributed by atoms with E-state index in [0.29, 0.717) is 17.8 Å². The van der Waals surface area contributed by atoms with Gasteiger partial charge in [-0.2, -0.15) is 5.26 Å². The number of nitrogens with one attached hydrogen (secondary N) is 1. The topological polar surface area (TPSA) is 76.4 Å². The molecule has 1 aliphatic heterocycles. The SMILES string of the molecule is CC(O)C1CCCN(CC(=O)Nc2cccc(C#N)c2)C1. The van der Waals surface area contributed by atoms with Gasteiger partial charge in [-0.3, -0.25) is 9.69 Å². The van der Waals surface area contributed by atoms with Crippen LogP contribution < -0.4 is 5.32 Å². The lowest BCUT2D eigenvalue weighted by Gasteiger charge is -2.33. The third kappa shape index (κ3) is 4.55. The van der Waals surface area contributed by atoms with E-state index >= 15 is 0 Å². The molecule has 0 radical (unpaired) electrons. The zero-order valence-electron chi connectivity index (χ0n) is 12.2. The number of nitriles is 1. The Morgan fingerprint density at radius 2 is 2.43 bits per heavy atom. The molecule has 1 fully saturated rings. The van der Waals surface area contributed by atoms with Gasteiger partial charge in [0.25, 0.3) is 0 Å². The minimum absolute atomic E-state index is 0.0867. The maximum Gasteiger partial charge on any atom is 0.238 e. The zero-order valence-corrected chi connectivity index (χ0v) is 12.2. The highest BCUT2D eigenvalue weighted by Gasteiger charge is 2.24. The summed E-state index contributed by atoms with van der Waals surface area (Å²) in [5, 5.41) is 21.3. The second-order valence-electron chi connectivity index (χ2n) is 5.62. The Morgan fingerprint density at radius 3 is 3.14 bits per heavy atom. The van der Waals surface area contributed by atoms with Crippen molar-refractivity contribution < 1.29 is 9.90 Å². The first-order chi connectivity index (χ1) is 10.1. The molecule has 112 valence electrons. The van der Waals surface area contributed by atoms with Gasteiger partial charge >= 0.3 is 0 Å². The van der Waals surface area contributed by atoms with E-state index in [1.165, 1.54) is 0 Å². The predicted octanol–water partition coefficient (Wildman–Crippen LogP) is 1.59. The van der Waals surface area contributed by atoms with E-state index in [1.54, 1.807) is 24.3 Å². The summed E-state index contributed by atoms with van der Waals surface area (Å²) in [6.07, 6.45) is 1.69. The minimum Gasteiger partial charge on any atom is -0.393 e. The summed E-state index contributed by atoms with van der Waals surface area (Å²) in [6.45, 7) is 3.76. The maximum absolute atomic E-state index is 12.1. The predicted molar refractivity (Wildman–Crippen MR) is 80.6 cm³/mol. The van der Waals surface area contributed by atoms with E-state index < -0.39 is 0 Å². The van der Waals surface area contributed by atoms with Crippen molar-refractivity contribution in [3.63, 3.8) is 0 Å². The maximum atomic E-state index is 12.1. The van der Waals surface area contributed by atoms with E-state index in [9.17, 15) is 9.90 Å². The van der Waals surface area contributed by atoms with Gasteiger partial charge in [0.1, 0.15) is 0 Å². The number of benzene rings is 1.